The van der Waals surface area contributed by atoms with Crippen molar-refractivity contribution < 1.29 is 4.74 Å². The Hall–Kier alpha value is -0.870. The van der Waals surface area contributed by atoms with Crippen LogP contribution in [0, 0.1) is 0 Å². The van der Waals surface area contributed by atoms with E-state index in [1.807, 2.05) is 13.2 Å². The van der Waals surface area contributed by atoms with Crippen LogP contribution >= 0.6 is 0 Å². The molecule has 1 aliphatic heterocycles. The number of hydrogen-bond donors (Lipinski definition) is 1. The second-order valence-electron chi connectivity index (χ2n) is 5.35. The van der Waals surface area contributed by atoms with Crippen LogP contribution in [0.1, 0.15) is 57.3 Å². The van der Waals surface area contributed by atoms with Gasteiger partial charge in [0.25, 0.3) is 0 Å². The lowest BCUT2D eigenvalue weighted by Gasteiger charge is -2.21. The van der Waals surface area contributed by atoms with Crippen molar-refractivity contribution in [1.29, 1.82) is 0 Å². The molecule has 1 fully saturated rings. The molecule has 2 rings (SSSR count). The van der Waals surface area contributed by atoms with Crippen molar-refractivity contribution in [2.24, 2.45) is 0 Å². The standard InChI is InChI=1S/C14H25N3O/c1-11(2)17-14(8-9-16-17)13(15-3)7-6-12-5-4-10-18-12/h8-9,11-13,15H,4-7,10H2,1-3H3. The molecule has 2 unspecified atom stereocenters. The van der Waals surface area contributed by atoms with E-state index >= 15 is 0 Å². The number of nitrogens with one attached hydrogen (secondary N) is 1. The maximum atomic E-state index is 5.69. The fourth-order valence-electron chi connectivity index (χ4n) is 2.70. The summed E-state index contributed by atoms with van der Waals surface area (Å²) < 4.78 is 7.80. The van der Waals surface area contributed by atoms with E-state index in [1.165, 1.54) is 18.5 Å². The van der Waals surface area contributed by atoms with Gasteiger partial charge in [-0.1, -0.05) is 0 Å². The van der Waals surface area contributed by atoms with Crippen LogP contribution in [0.5, 0.6) is 0 Å². The third-order valence-electron chi connectivity index (χ3n) is 3.70. The maximum absolute atomic E-state index is 5.69. The van der Waals surface area contributed by atoms with Gasteiger partial charge in [0.15, 0.2) is 0 Å². The minimum atomic E-state index is 0.374. The van der Waals surface area contributed by atoms with Gasteiger partial charge in [0, 0.05) is 24.9 Å². The second kappa shape index (κ2) is 6.34. The van der Waals surface area contributed by atoms with Crippen LogP contribution < -0.4 is 5.32 Å². The van der Waals surface area contributed by atoms with Crippen molar-refractivity contribution in [2.45, 2.75) is 57.7 Å². The Bertz CT molecular complexity index is 356. The highest BCUT2D eigenvalue weighted by molar-refractivity contribution is 5.07. The van der Waals surface area contributed by atoms with Gasteiger partial charge in [-0.3, -0.25) is 4.68 Å². The van der Waals surface area contributed by atoms with Crippen molar-refractivity contribution in [3.05, 3.63) is 18.0 Å². The van der Waals surface area contributed by atoms with Crippen LogP contribution in [0.25, 0.3) is 0 Å². The van der Waals surface area contributed by atoms with Crippen molar-refractivity contribution in [2.75, 3.05) is 13.7 Å². The maximum Gasteiger partial charge on any atom is 0.0576 e. The lowest BCUT2D eigenvalue weighted by atomic mass is 10.0. The minimum absolute atomic E-state index is 0.374. The molecule has 102 valence electrons. The van der Waals surface area contributed by atoms with Gasteiger partial charge in [-0.2, -0.15) is 5.10 Å². The minimum Gasteiger partial charge on any atom is -0.378 e. The molecule has 1 aliphatic rings. The molecular weight excluding hydrogens is 226 g/mol. The largest absolute Gasteiger partial charge is 0.378 e. The Morgan fingerprint density at radius 1 is 1.56 bits per heavy atom. The van der Waals surface area contributed by atoms with E-state index in [1.54, 1.807) is 0 Å². The molecule has 0 aliphatic carbocycles. The monoisotopic (exact) mass is 251 g/mol. The Balaban J connectivity index is 1.96. The molecular formula is C14H25N3O. The number of rotatable bonds is 6. The Morgan fingerprint density at radius 2 is 2.39 bits per heavy atom. The number of nitrogens with zero attached hydrogens (tertiary/aromatic N) is 2. The Morgan fingerprint density at radius 3 is 3.00 bits per heavy atom. The zero-order valence-corrected chi connectivity index (χ0v) is 11.7. The van der Waals surface area contributed by atoms with Crippen LogP contribution in [-0.4, -0.2) is 29.5 Å². The molecule has 18 heavy (non-hydrogen) atoms. The summed E-state index contributed by atoms with van der Waals surface area (Å²) in [5, 5.41) is 7.82. The fourth-order valence-corrected chi connectivity index (χ4v) is 2.70. The highest BCUT2D eigenvalue weighted by atomic mass is 16.5. The van der Waals surface area contributed by atoms with Crippen molar-refractivity contribution in [1.82, 2.24) is 15.1 Å². The number of hydrogen-bond acceptors (Lipinski definition) is 3. The number of ether oxygens (including phenoxy) is 1. The molecule has 0 saturated carbocycles. The average Bonchev–Trinajstić information content (AvgIpc) is 2.99. The van der Waals surface area contributed by atoms with Crippen molar-refractivity contribution >= 4 is 0 Å². The summed E-state index contributed by atoms with van der Waals surface area (Å²) in [4.78, 5) is 0. The van der Waals surface area contributed by atoms with Crippen molar-refractivity contribution in [3.63, 3.8) is 0 Å². The normalized spacial score (nSPS) is 21.7. The topological polar surface area (TPSA) is 39.1 Å². The first-order valence-electron chi connectivity index (χ1n) is 7.04. The molecule has 1 aromatic heterocycles. The van der Waals surface area contributed by atoms with Gasteiger partial charge in [0.1, 0.15) is 0 Å². The molecule has 1 aromatic rings. The summed E-state index contributed by atoms with van der Waals surface area (Å²) in [5.41, 5.74) is 1.28. The van der Waals surface area contributed by atoms with E-state index in [0.29, 0.717) is 18.2 Å². The predicted molar refractivity (Wildman–Crippen MR) is 72.6 cm³/mol. The van der Waals surface area contributed by atoms with Gasteiger partial charge in [-0.15, -0.1) is 0 Å². The molecule has 4 nitrogen and oxygen atoms in total. The lowest BCUT2D eigenvalue weighted by molar-refractivity contribution is 0.0995. The molecule has 2 atom stereocenters. The van der Waals surface area contributed by atoms with Gasteiger partial charge in [0.2, 0.25) is 0 Å². The van der Waals surface area contributed by atoms with Gasteiger partial charge >= 0.3 is 0 Å². The molecule has 0 spiro atoms. The summed E-state index contributed by atoms with van der Waals surface area (Å²) in [6.07, 6.45) is 7.05. The first-order valence-corrected chi connectivity index (χ1v) is 7.04. The lowest BCUT2D eigenvalue weighted by Crippen LogP contribution is -2.22. The molecule has 1 saturated heterocycles. The summed E-state index contributed by atoms with van der Waals surface area (Å²) in [6, 6.07) is 2.91. The smallest absolute Gasteiger partial charge is 0.0576 e. The van der Waals surface area contributed by atoms with Crippen molar-refractivity contribution in [3.8, 4) is 0 Å². The molecule has 0 amide bonds. The van der Waals surface area contributed by atoms with Crippen LogP contribution in [0.4, 0.5) is 0 Å². The Kier molecular flexibility index (Phi) is 4.78. The van der Waals surface area contributed by atoms with E-state index in [2.05, 4.69) is 35.0 Å². The van der Waals surface area contributed by atoms with E-state index in [-0.39, 0.29) is 0 Å². The second-order valence-corrected chi connectivity index (χ2v) is 5.35. The van der Waals surface area contributed by atoms with E-state index in [4.69, 9.17) is 4.74 Å². The quantitative estimate of drug-likeness (QED) is 0.845. The molecule has 0 radical (unpaired) electrons. The predicted octanol–water partition coefficient (Wildman–Crippen LogP) is 2.68. The third kappa shape index (κ3) is 3.12. The number of aromatic nitrogens is 2. The fraction of sp³-hybridized carbons (Fsp3) is 0.786. The van der Waals surface area contributed by atoms with Crippen LogP contribution in [0.3, 0.4) is 0 Å². The van der Waals surface area contributed by atoms with Gasteiger partial charge in [0.05, 0.1) is 11.8 Å². The van der Waals surface area contributed by atoms with E-state index < -0.39 is 0 Å². The highest BCUT2D eigenvalue weighted by Crippen LogP contribution is 2.25. The zero-order chi connectivity index (χ0) is 13.0. The average molecular weight is 251 g/mol. The van der Waals surface area contributed by atoms with Gasteiger partial charge < -0.3 is 10.1 Å². The molecule has 4 heteroatoms. The van der Waals surface area contributed by atoms with Crippen LogP contribution in [-0.2, 0) is 4.74 Å². The molecule has 1 N–H and O–H groups in total. The Labute approximate surface area is 110 Å². The van der Waals surface area contributed by atoms with E-state index in [9.17, 15) is 0 Å². The van der Waals surface area contributed by atoms with E-state index in [0.717, 1.165) is 19.4 Å². The molecule has 2 heterocycles. The first kappa shape index (κ1) is 13.6. The van der Waals surface area contributed by atoms with Crippen LogP contribution in [0.2, 0.25) is 0 Å². The molecule has 0 bridgehead atoms. The van der Waals surface area contributed by atoms with Crippen LogP contribution in [0.15, 0.2) is 12.3 Å². The van der Waals surface area contributed by atoms with Gasteiger partial charge in [-0.25, -0.2) is 0 Å². The third-order valence-corrected chi connectivity index (χ3v) is 3.70. The molecule has 0 aromatic carbocycles. The first-order chi connectivity index (χ1) is 8.72. The summed E-state index contributed by atoms with van der Waals surface area (Å²) in [7, 11) is 2.03. The summed E-state index contributed by atoms with van der Waals surface area (Å²) in [6.45, 7) is 5.28. The highest BCUT2D eigenvalue weighted by Gasteiger charge is 2.20. The zero-order valence-electron chi connectivity index (χ0n) is 11.7. The SMILES string of the molecule is CNC(CCC1CCCO1)c1ccnn1C(C)C. The summed E-state index contributed by atoms with van der Waals surface area (Å²) >= 11 is 0. The van der Waals surface area contributed by atoms with Gasteiger partial charge in [-0.05, 0) is 52.6 Å². The summed E-state index contributed by atoms with van der Waals surface area (Å²) in [5.74, 6) is 0.